The number of rotatable bonds is 12. The van der Waals surface area contributed by atoms with E-state index in [1.54, 1.807) is 13.2 Å². The number of nitrogens with two attached hydrogens (primary N) is 2. The SMILES string of the molecule is CCCC(=CC(=O)CCc1cc(OC2CCCC2)c(O)c2c1C#CCC(N=C(N)N)CC1C=C3CCC(C)CC3C2C1COC)CO. The Kier molecular flexibility index (Phi) is 12.1. The van der Waals surface area contributed by atoms with Crippen LogP contribution in [0.4, 0.5) is 0 Å². The zero-order valence-electron chi connectivity index (χ0n) is 28.6. The molecule has 0 radical (unpaired) electrons. The Morgan fingerprint density at radius 1 is 1.17 bits per heavy atom. The highest BCUT2D eigenvalue weighted by Gasteiger charge is 2.46. The molecule has 256 valence electrons. The molecule has 0 heterocycles. The van der Waals surface area contributed by atoms with E-state index in [0.717, 1.165) is 80.1 Å². The summed E-state index contributed by atoms with van der Waals surface area (Å²) in [7, 11) is 1.75. The van der Waals surface area contributed by atoms with E-state index in [4.69, 9.17) is 20.9 Å². The summed E-state index contributed by atoms with van der Waals surface area (Å²) in [6.45, 7) is 4.77. The number of aliphatic hydroxyl groups excluding tert-OH is 1. The molecule has 0 aliphatic heterocycles. The summed E-state index contributed by atoms with van der Waals surface area (Å²) in [6, 6.07) is 1.77. The molecule has 4 aliphatic carbocycles. The van der Waals surface area contributed by atoms with Crippen molar-refractivity contribution in [3.63, 3.8) is 0 Å². The van der Waals surface area contributed by atoms with E-state index in [2.05, 4.69) is 29.8 Å². The number of aliphatic hydroxyl groups is 1. The maximum Gasteiger partial charge on any atom is 0.186 e. The van der Waals surface area contributed by atoms with Crippen LogP contribution in [0, 0.1) is 35.5 Å². The quantitative estimate of drug-likeness (QED) is 0.0712. The summed E-state index contributed by atoms with van der Waals surface area (Å²) in [5, 5.41) is 22.1. The van der Waals surface area contributed by atoms with E-state index in [0.29, 0.717) is 37.5 Å². The van der Waals surface area contributed by atoms with Gasteiger partial charge in [0.15, 0.2) is 23.2 Å². The highest BCUT2D eigenvalue weighted by molar-refractivity contribution is 5.90. The van der Waals surface area contributed by atoms with Gasteiger partial charge in [0, 0.05) is 37.0 Å². The lowest BCUT2D eigenvalue weighted by Gasteiger charge is -2.47. The predicted molar refractivity (Wildman–Crippen MR) is 186 cm³/mol. The molecule has 0 saturated heterocycles. The number of fused-ring (bicyclic) bond motifs is 6. The monoisotopic (exact) mass is 645 g/mol. The van der Waals surface area contributed by atoms with Crippen molar-refractivity contribution in [2.24, 2.45) is 40.1 Å². The Morgan fingerprint density at radius 2 is 1.96 bits per heavy atom. The first-order valence-corrected chi connectivity index (χ1v) is 17.9. The average molecular weight is 646 g/mol. The third kappa shape index (κ3) is 8.42. The lowest BCUT2D eigenvalue weighted by atomic mass is 9.58. The van der Waals surface area contributed by atoms with Crippen molar-refractivity contribution in [3.8, 4) is 23.3 Å². The van der Waals surface area contributed by atoms with E-state index in [1.807, 2.05) is 13.0 Å². The molecule has 0 aromatic heterocycles. The lowest BCUT2D eigenvalue weighted by Crippen LogP contribution is -2.39. The first-order valence-electron chi connectivity index (χ1n) is 17.9. The molecule has 2 fully saturated rings. The summed E-state index contributed by atoms with van der Waals surface area (Å²) >= 11 is 0. The normalized spacial score (nSPS) is 27.5. The predicted octanol–water partition coefficient (Wildman–Crippen LogP) is 6.06. The van der Waals surface area contributed by atoms with Crippen LogP contribution in [0.5, 0.6) is 11.5 Å². The smallest absolute Gasteiger partial charge is 0.186 e. The summed E-state index contributed by atoms with van der Waals surface area (Å²) in [5.74, 6) is 8.57. The van der Waals surface area contributed by atoms with Crippen molar-refractivity contribution >= 4 is 11.7 Å². The number of phenolic OH excluding ortho intramolecular Hbond substituents is 1. The number of guanidine groups is 1. The molecule has 8 nitrogen and oxygen atoms in total. The number of nitrogens with zero attached hydrogens (tertiary/aromatic N) is 1. The molecule has 6 atom stereocenters. The molecular formula is C39H55N3O5. The number of ether oxygens (including phenoxy) is 2. The number of methoxy groups -OCH3 is 1. The van der Waals surface area contributed by atoms with E-state index >= 15 is 0 Å². The minimum absolute atomic E-state index is 0.0236. The molecule has 5 rings (SSSR count). The third-order valence-corrected chi connectivity index (χ3v) is 10.8. The van der Waals surface area contributed by atoms with Crippen molar-refractivity contribution in [2.75, 3.05) is 20.3 Å². The number of aromatic hydroxyl groups is 1. The number of ketones is 1. The number of benzene rings is 1. The maximum atomic E-state index is 13.2. The maximum absolute atomic E-state index is 13.2. The highest BCUT2D eigenvalue weighted by atomic mass is 16.5. The highest BCUT2D eigenvalue weighted by Crippen LogP contribution is 2.56. The van der Waals surface area contributed by atoms with E-state index in [-0.39, 0.29) is 66.3 Å². The van der Waals surface area contributed by atoms with Crippen LogP contribution in [0.25, 0.3) is 0 Å². The summed E-state index contributed by atoms with van der Waals surface area (Å²) < 4.78 is 12.5. The summed E-state index contributed by atoms with van der Waals surface area (Å²) in [4.78, 5) is 17.8. The first kappa shape index (κ1) is 35.0. The van der Waals surface area contributed by atoms with Crippen LogP contribution < -0.4 is 16.2 Å². The molecule has 2 saturated carbocycles. The number of allylic oxidation sites excluding steroid dienone is 3. The van der Waals surface area contributed by atoms with Gasteiger partial charge in [-0.05, 0) is 111 Å². The Bertz CT molecular complexity index is 1430. The van der Waals surface area contributed by atoms with Gasteiger partial charge >= 0.3 is 0 Å². The van der Waals surface area contributed by atoms with E-state index in [9.17, 15) is 15.0 Å². The van der Waals surface area contributed by atoms with Gasteiger partial charge in [-0.15, -0.1) is 0 Å². The fourth-order valence-electron chi connectivity index (χ4n) is 8.63. The van der Waals surface area contributed by atoms with Gasteiger partial charge in [0.1, 0.15) is 0 Å². The van der Waals surface area contributed by atoms with Gasteiger partial charge in [-0.3, -0.25) is 4.79 Å². The molecule has 2 bridgehead atoms. The number of hydrogen-bond acceptors (Lipinski definition) is 6. The molecule has 6 unspecified atom stereocenters. The van der Waals surface area contributed by atoms with E-state index < -0.39 is 0 Å². The van der Waals surface area contributed by atoms with Gasteiger partial charge in [0.05, 0.1) is 25.4 Å². The molecule has 4 aliphatic rings. The minimum Gasteiger partial charge on any atom is -0.504 e. The fourth-order valence-corrected chi connectivity index (χ4v) is 8.63. The van der Waals surface area contributed by atoms with Crippen LogP contribution in [0.2, 0.25) is 0 Å². The van der Waals surface area contributed by atoms with Gasteiger partial charge in [0.25, 0.3) is 0 Å². The van der Waals surface area contributed by atoms with Crippen molar-refractivity contribution in [3.05, 3.63) is 46.1 Å². The van der Waals surface area contributed by atoms with Crippen LogP contribution in [0.15, 0.2) is 34.4 Å². The van der Waals surface area contributed by atoms with Gasteiger partial charge in [-0.1, -0.05) is 43.8 Å². The largest absolute Gasteiger partial charge is 0.504 e. The number of carbonyl (C=O) groups is 1. The van der Waals surface area contributed by atoms with Gasteiger partial charge in [-0.25, -0.2) is 4.99 Å². The summed E-state index contributed by atoms with van der Waals surface area (Å²) in [5.41, 5.74) is 16.6. The third-order valence-electron chi connectivity index (χ3n) is 10.8. The lowest BCUT2D eigenvalue weighted by molar-refractivity contribution is -0.114. The van der Waals surface area contributed by atoms with E-state index in [1.165, 1.54) is 5.57 Å². The van der Waals surface area contributed by atoms with Crippen molar-refractivity contribution in [1.82, 2.24) is 0 Å². The van der Waals surface area contributed by atoms with Crippen LogP contribution in [-0.4, -0.2) is 54.4 Å². The molecule has 6 N–H and O–H groups in total. The Labute approximate surface area is 281 Å². The fraction of sp³-hybridized carbons (Fsp3) is 0.641. The second-order valence-electron chi connectivity index (χ2n) is 14.4. The Balaban J connectivity index is 1.69. The van der Waals surface area contributed by atoms with Crippen molar-refractivity contribution in [1.29, 1.82) is 0 Å². The van der Waals surface area contributed by atoms with Crippen molar-refractivity contribution < 1.29 is 24.5 Å². The minimum atomic E-state index is -0.167. The van der Waals surface area contributed by atoms with Crippen molar-refractivity contribution in [2.45, 2.75) is 115 Å². The Morgan fingerprint density at radius 3 is 2.66 bits per heavy atom. The zero-order valence-corrected chi connectivity index (χ0v) is 28.6. The van der Waals surface area contributed by atoms with Gasteiger partial charge < -0.3 is 31.2 Å². The molecule has 0 spiro atoms. The van der Waals surface area contributed by atoms with Gasteiger partial charge in [-0.2, -0.15) is 0 Å². The number of hydrogen-bond donors (Lipinski definition) is 4. The number of carbonyl (C=O) groups excluding carboxylic acids is 1. The number of aryl methyl sites for hydroxylation is 1. The molecule has 1 aromatic carbocycles. The number of phenols is 1. The molecule has 47 heavy (non-hydrogen) atoms. The molecule has 8 heteroatoms. The summed E-state index contributed by atoms with van der Waals surface area (Å²) in [6.07, 6.45) is 15.0. The second-order valence-corrected chi connectivity index (χ2v) is 14.4. The zero-order chi connectivity index (χ0) is 33.5. The standard InChI is InChI=1S/C39H55N3O5/c1-4-8-25(22-43)18-30(44)16-15-27-21-35(47-31-10-5-6-11-31)38(45)37-32(27)12-7-9-29(42-39(40)41)20-28-19-26-14-13-24(2)17-33(26)36(37)34(28)23-46-3/h18-19,21,24,28-29,31,33-34,36,43,45H,4-6,8-11,13-17,20,22-23H2,1-3H3,(H4,40,41,42). The average Bonchev–Trinajstić information content (AvgIpc) is 3.55. The molecular weight excluding hydrogens is 590 g/mol. The van der Waals surface area contributed by atoms with Crippen LogP contribution in [0.1, 0.15) is 114 Å². The number of aliphatic imine (C=N–C) groups is 1. The second kappa shape index (κ2) is 16.2. The topological polar surface area (TPSA) is 140 Å². The Hall–Kier alpha value is -3.28. The van der Waals surface area contributed by atoms with Gasteiger partial charge in [0.2, 0.25) is 0 Å². The molecule has 1 aromatic rings. The van der Waals surface area contributed by atoms with Crippen LogP contribution in [0.3, 0.4) is 0 Å². The first-order chi connectivity index (χ1) is 22.7. The molecule has 0 amide bonds. The van der Waals surface area contributed by atoms with Crippen LogP contribution >= 0.6 is 0 Å². The van der Waals surface area contributed by atoms with Crippen LogP contribution in [-0.2, 0) is 16.0 Å².